The Bertz CT molecular complexity index is 515. The number of hydrogen-bond acceptors (Lipinski definition) is 3. The number of benzene rings is 1. The summed E-state index contributed by atoms with van der Waals surface area (Å²) in [6.45, 7) is 3.01. The zero-order valence-corrected chi connectivity index (χ0v) is 12.3. The lowest BCUT2D eigenvalue weighted by Crippen LogP contribution is -2.50. The highest BCUT2D eigenvalue weighted by molar-refractivity contribution is 6.35. The summed E-state index contributed by atoms with van der Waals surface area (Å²) in [4.78, 5) is 15.8. The summed E-state index contributed by atoms with van der Waals surface area (Å²) in [7, 11) is 0. The van der Waals surface area contributed by atoms with Crippen molar-refractivity contribution in [2.45, 2.75) is 0 Å². The second-order valence-corrected chi connectivity index (χ2v) is 5.38. The Morgan fingerprint density at radius 2 is 1.80 bits per heavy atom. The van der Waals surface area contributed by atoms with Crippen LogP contribution in [-0.4, -0.2) is 48.6 Å². The zero-order valence-electron chi connectivity index (χ0n) is 10.8. The molecule has 5 nitrogen and oxygen atoms in total. The van der Waals surface area contributed by atoms with Gasteiger partial charge in [-0.2, -0.15) is 5.26 Å². The molecule has 1 aliphatic rings. The monoisotopic (exact) mass is 312 g/mol. The Labute approximate surface area is 127 Å². The minimum Gasteiger partial charge on any atom is -0.322 e. The van der Waals surface area contributed by atoms with Gasteiger partial charge in [0.25, 0.3) is 0 Å². The van der Waals surface area contributed by atoms with Gasteiger partial charge in [0.15, 0.2) is 0 Å². The molecule has 106 valence electrons. The summed E-state index contributed by atoms with van der Waals surface area (Å²) in [6, 6.07) is 6.84. The molecule has 1 aromatic rings. The molecule has 1 heterocycles. The van der Waals surface area contributed by atoms with Crippen LogP contribution in [0.2, 0.25) is 10.0 Å². The van der Waals surface area contributed by atoms with E-state index in [9.17, 15) is 4.79 Å². The van der Waals surface area contributed by atoms with E-state index in [4.69, 9.17) is 28.5 Å². The maximum atomic E-state index is 12.1. The average Bonchev–Trinajstić information content (AvgIpc) is 2.38. The number of amides is 2. The SMILES string of the molecule is N#CCN1CCN(C(=O)Nc2cc(Cl)cc(Cl)c2)CC1. The maximum Gasteiger partial charge on any atom is 0.321 e. The van der Waals surface area contributed by atoms with Crippen LogP contribution in [0.1, 0.15) is 0 Å². The highest BCUT2D eigenvalue weighted by Crippen LogP contribution is 2.22. The third-order valence-corrected chi connectivity index (χ3v) is 3.50. The van der Waals surface area contributed by atoms with Crippen LogP contribution in [0.3, 0.4) is 0 Å². The molecule has 0 saturated carbocycles. The van der Waals surface area contributed by atoms with E-state index >= 15 is 0 Å². The van der Waals surface area contributed by atoms with E-state index in [1.807, 2.05) is 4.90 Å². The van der Waals surface area contributed by atoms with Gasteiger partial charge in [0.1, 0.15) is 0 Å². The van der Waals surface area contributed by atoms with E-state index < -0.39 is 0 Å². The molecule has 0 aliphatic carbocycles. The van der Waals surface area contributed by atoms with Gasteiger partial charge in [-0.1, -0.05) is 23.2 Å². The number of carbonyl (C=O) groups is 1. The summed E-state index contributed by atoms with van der Waals surface area (Å²) in [6.07, 6.45) is 0. The predicted octanol–water partition coefficient (Wildman–Crippen LogP) is 2.67. The molecule has 2 amide bonds. The van der Waals surface area contributed by atoms with Gasteiger partial charge in [-0.15, -0.1) is 0 Å². The summed E-state index contributed by atoms with van der Waals surface area (Å²) in [5.41, 5.74) is 0.576. The van der Waals surface area contributed by atoms with E-state index in [2.05, 4.69) is 11.4 Å². The summed E-state index contributed by atoms with van der Waals surface area (Å²) in [5.74, 6) is 0. The third-order valence-electron chi connectivity index (χ3n) is 3.07. The Hall–Kier alpha value is -1.48. The first kappa shape index (κ1) is 14.9. The van der Waals surface area contributed by atoms with Crippen molar-refractivity contribution in [2.24, 2.45) is 0 Å². The van der Waals surface area contributed by atoms with E-state index in [0.29, 0.717) is 48.5 Å². The molecule has 0 atom stereocenters. The molecule has 1 saturated heterocycles. The number of nitrogens with one attached hydrogen (secondary N) is 1. The van der Waals surface area contributed by atoms with E-state index in [0.717, 1.165) is 0 Å². The summed E-state index contributed by atoms with van der Waals surface area (Å²) >= 11 is 11.8. The van der Waals surface area contributed by atoms with Crippen LogP contribution < -0.4 is 5.32 Å². The van der Waals surface area contributed by atoms with Gasteiger partial charge in [-0.05, 0) is 18.2 Å². The number of piperazine rings is 1. The lowest BCUT2D eigenvalue weighted by molar-refractivity contribution is 0.156. The number of carbonyl (C=O) groups excluding carboxylic acids is 1. The molecule has 1 aliphatic heterocycles. The molecule has 7 heteroatoms. The number of nitrogens with zero attached hydrogens (tertiary/aromatic N) is 3. The molecular weight excluding hydrogens is 299 g/mol. The number of hydrogen-bond donors (Lipinski definition) is 1. The highest BCUT2D eigenvalue weighted by Gasteiger charge is 2.20. The fourth-order valence-corrected chi connectivity index (χ4v) is 2.56. The van der Waals surface area contributed by atoms with Crippen LogP contribution in [0, 0.1) is 11.3 Å². The van der Waals surface area contributed by atoms with Crippen molar-refractivity contribution in [3.63, 3.8) is 0 Å². The Morgan fingerprint density at radius 1 is 1.20 bits per heavy atom. The van der Waals surface area contributed by atoms with E-state index in [-0.39, 0.29) is 6.03 Å². The van der Waals surface area contributed by atoms with Crippen molar-refractivity contribution in [2.75, 3.05) is 38.0 Å². The molecule has 0 unspecified atom stereocenters. The molecule has 2 rings (SSSR count). The third kappa shape index (κ3) is 4.01. The molecule has 20 heavy (non-hydrogen) atoms. The van der Waals surface area contributed by atoms with Gasteiger partial charge < -0.3 is 10.2 Å². The van der Waals surface area contributed by atoms with Crippen molar-refractivity contribution >= 4 is 34.9 Å². The molecule has 0 radical (unpaired) electrons. The fourth-order valence-electron chi connectivity index (χ4n) is 2.04. The second kappa shape index (κ2) is 6.80. The number of anilines is 1. The quantitative estimate of drug-likeness (QED) is 0.854. The van der Waals surface area contributed by atoms with E-state index in [1.165, 1.54) is 0 Å². The number of urea groups is 1. The van der Waals surface area contributed by atoms with Gasteiger partial charge in [-0.25, -0.2) is 4.79 Å². The molecule has 0 bridgehead atoms. The van der Waals surface area contributed by atoms with Crippen molar-refractivity contribution in [1.82, 2.24) is 9.80 Å². The van der Waals surface area contributed by atoms with Crippen molar-refractivity contribution in [3.8, 4) is 6.07 Å². The van der Waals surface area contributed by atoms with Crippen LogP contribution in [0.5, 0.6) is 0 Å². The predicted molar refractivity (Wildman–Crippen MR) is 79.1 cm³/mol. The number of nitriles is 1. The first-order valence-electron chi connectivity index (χ1n) is 6.20. The zero-order chi connectivity index (χ0) is 14.5. The minimum atomic E-state index is -0.181. The van der Waals surface area contributed by atoms with Crippen molar-refractivity contribution < 1.29 is 4.79 Å². The van der Waals surface area contributed by atoms with Gasteiger partial charge >= 0.3 is 6.03 Å². The molecule has 1 aromatic carbocycles. The van der Waals surface area contributed by atoms with Crippen LogP contribution in [0.25, 0.3) is 0 Å². The molecule has 1 fully saturated rings. The average molecular weight is 313 g/mol. The van der Waals surface area contributed by atoms with Gasteiger partial charge in [-0.3, -0.25) is 4.90 Å². The second-order valence-electron chi connectivity index (χ2n) is 4.51. The molecule has 1 N–H and O–H groups in total. The molecule has 0 aromatic heterocycles. The van der Waals surface area contributed by atoms with Gasteiger partial charge in [0, 0.05) is 41.9 Å². The summed E-state index contributed by atoms with van der Waals surface area (Å²) < 4.78 is 0. The first-order chi connectivity index (χ1) is 9.58. The van der Waals surface area contributed by atoms with Crippen molar-refractivity contribution in [3.05, 3.63) is 28.2 Å². The van der Waals surface area contributed by atoms with Crippen LogP contribution >= 0.6 is 23.2 Å². The summed E-state index contributed by atoms with van der Waals surface area (Å²) in [5, 5.41) is 12.4. The number of halogens is 2. The van der Waals surface area contributed by atoms with Gasteiger partial charge in [0.2, 0.25) is 0 Å². The Kier molecular flexibility index (Phi) is 5.07. The lowest BCUT2D eigenvalue weighted by atomic mass is 10.3. The van der Waals surface area contributed by atoms with Crippen LogP contribution in [0.15, 0.2) is 18.2 Å². The topological polar surface area (TPSA) is 59.4 Å². The Morgan fingerprint density at radius 3 is 2.35 bits per heavy atom. The van der Waals surface area contributed by atoms with Crippen LogP contribution in [-0.2, 0) is 0 Å². The molecular formula is C13H14Cl2N4O. The lowest BCUT2D eigenvalue weighted by Gasteiger charge is -2.33. The normalized spacial score (nSPS) is 15.8. The fraction of sp³-hybridized carbons (Fsp3) is 0.385. The van der Waals surface area contributed by atoms with Gasteiger partial charge in [0.05, 0.1) is 12.6 Å². The molecule has 0 spiro atoms. The highest BCUT2D eigenvalue weighted by atomic mass is 35.5. The van der Waals surface area contributed by atoms with Crippen molar-refractivity contribution in [1.29, 1.82) is 5.26 Å². The minimum absolute atomic E-state index is 0.181. The smallest absolute Gasteiger partial charge is 0.321 e. The van der Waals surface area contributed by atoms with Crippen LogP contribution in [0.4, 0.5) is 10.5 Å². The Balaban J connectivity index is 1.91. The number of rotatable bonds is 2. The largest absolute Gasteiger partial charge is 0.322 e. The first-order valence-corrected chi connectivity index (χ1v) is 6.95. The van der Waals surface area contributed by atoms with E-state index in [1.54, 1.807) is 23.1 Å². The maximum absolute atomic E-state index is 12.1. The standard InChI is InChI=1S/C13H14Cl2N4O/c14-10-7-11(15)9-12(8-10)17-13(20)19-5-3-18(2-1-16)4-6-19/h7-9H,2-6H2,(H,17,20).